The Kier molecular flexibility index (Phi) is 6.02. The average molecular weight is 428 g/mol. The quantitative estimate of drug-likeness (QED) is 0.555. The molecule has 3 rings (SSSR count). The molecule has 2 N–H and O–H groups in total. The first-order chi connectivity index (χ1) is 14.3. The fourth-order valence-corrected chi connectivity index (χ4v) is 4.06. The number of aromatic nitrogens is 1. The van der Waals surface area contributed by atoms with Crippen molar-refractivity contribution >= 4 is 34.0 Å². The topological polar surface area (TPSA) is 95.9 Å². The van der Waals surface area contributed by atoms with Crippen LogP contribution in [0.5, 0.6) is 5.75 Å². The van der Waals surface area contributed by atoms with Gasteiger partial charge in [0.05, 0.1) is 23.4 Å². The minimum absolute atomic E-state index is 0.0353. The predicted octanol–water partition coefficient (Wildman–Crippen LogP) is 4.07. The summed E-state index contributed by atoms with van der Waals surface area (Å²) in [6, 6.07) is 11.7. The van der Waals surface area contributed by atoms with E-state index >= 15 is 0 Å². The molecule has 0 unspecified atom stereocenters. The molecule has 0 bridgehead atoms. The Morgan fingerprint density at radius 3 is 2.40 bits per heavy atom. The van der Waals surface area contributed by atoms with E-state index in [0.29, 0.717) is 22.8 Å². The van der Waals surface area contributed by atoms with Crippen molar-refractivity contribution in [2.45, 2.75) is 11.8 Å². The van der Waals surface area contributed by atoms with Crippen LogP contribution >= 0.6 is 0 Å². The van der Waals surface area contributed by atoms with Gasteiger partial charge in [-0.2, -0.15) is 0 Å². The molecule has 0 atom stereocenters. The lowest BCUT2D eigenvalue weighted by Crippen LogP contribution is -2.14. The van der Waals surface area contributed by atoms with E-state index in [9.17, 15) is 12.8 Å². The number of sulfonamides is 1. The van der Waals surface area contributed by atoms with Gasteiger partial charge in [0.2, 0.25) is 0 Å². The number of nitrogens with one attached hydrogen (secondary N) is 2. The summed E-state index contributed by atoms with van der Waals surface area (Å²) < 4.78 is 47.5. The number of methoxy groups -OCH3 is 1. The van der Waals surface area contributed by atoms with Gasteiger partial charge in [-0.25, -0.2) is 17.8 Å². The smallest absolute Gasteiger partial charge is 0.261 e. The molecular formula is C21H21FN4O3S. The lowest BCUT2D eigenvalue weighted by Gasteiger charge is -2.11. The molecular weight excluding hydrogens is 407 g/mol. The van der Waals surface area contributed by atoms with Crippen LogP contribution in [-0.4, -0.2) is 40.0 Å². The maximum Gasteiger partial charge on any atom is 0.261 e. The summed E-state index contributed by atoms with van der Waals surface area (Å²) in [4.78, 5) is 11.2. The monoisotopic (exact) mass is 428 g/mol. The molecule has 0 aliphatic rings. The molecule has 1 heterocycles. The normalized spacial score (nSPS) is 11.9. The zero-order chi connectivity index (χ0) is 21.9. The van der Waals surface area contributed by atoms with Gasteiger partial charge >= 0.3 is 0 Å². The lowest BCUT2D eigenvalue weighted by atomic mass is 10.0. The van der Waals surface area contributed by atoms with Crippen molar-refractivity contribution in [3.63, 3.8) is 0 Å². The molecule has 7 nitrogen and oxygen atoms in total. The minimum atomic E-state index is -3.88. The third-order valence-corrected chi connectivity index (χ3v) is 5.81. The maximum atomic E-state index is 14.9. The first-order valence-corrected chi connectivity index (χ1v) is 10.4. The molecule has 3 aromatic rings. The van der Waals surface area contributed by atoms with E-state index in [4.69, 9.17) is 4.74 Å². The van der Waals surface area contributed by atoms with E-state index in [1.54, 1.807) is 13.1 Å². The predicted molar refractivity (Wildman–Crippen MR) is 117 cm³/mol. The highest BCUT2D eigenvalue weighted by atomic mass is 32.2. The largest absolute Gasteiger partial charge is 0.497 e. The molecule has 0 saturated carbocycles. The number of rotatable bonds is 7. The van der Waals surface area contributed by atoms with Gasteiger partial charge in [-0.3, -0.25) is 9.71 Å². The number of aromatic amines is 1. The number of aryl methyl sites for hydroxylation is 1. The van der Waals surface area contributed by atoms with Crippen molar-refractivity contribution in [2.75, 3.05) is 18.9 Å². The summed E-state index contributed by atoms with van der Waals surface area (Å²) in [5.41, 5.74) is 2.13. The molecule has 1 aromatic heterocycles. The second kappa shape index (κ2) is 8.50. The van der Waals surface area contributed by atoms with Crippen molar-refractivity contribution < 1.29 is 17.5 Å². The molecule has 0 spiro atoms. The van der Waals surface area contributed by atoms with E-state index in [1.165, 1.54) is 43.5 Å². The van der Waals surface area contributed by atoms with Gasteiger partial charge in [-0.1, -0.05) is 0 Å². The second-order valence-corrected chi connectivity index (χ2v) is 8.10. The molecule has 0 aliphatic heterocycles. The van der Waals surface area contributed by atoms with Crippen LogP contribution in [0.25, 0.3) is 0 Å². The van der Waals surface area contributed by atoms with Gasteiger partial charge in [-0.15, -0.1) is 0 Å². The summed E-state index contributed by atoms with van der Waals surface area (Å²) in [5.74, 6) is 0.389. The minimum Gasteiger partial charge on any atom is -0.497 e. The van der Waals surface area contributed by atoms with E-state index in [-0.39, 0.29) is 16.1 Å². The third kappa shape index (κ3) is 4.25. The van der Waals surface area contributed by atoms with Crippen LogP contribution in [0.15, 0.2) is 63.4 Å². The number of H-pyrrole nitrogens is 1. The van der Waals surface area contributed by atoms with Gasteiger partial charge in [0.25, 0.3) is 10.0 Å². The van der Waals surface area contributed by atoms with Crippen molar-refractivity contribution in [2.24, 2.45) is 9.98 Å². The first-order valence-electron chi connectivity index (χ1n) is 8.89. The molecule has 2 aromatic carbocycles. The Morgan fingerprint density at radius 2 is 1.83 bits per heavy atom. The summed E-state index contributed by atoms with van der Waals surface area (Å²) in [7, 11) is -0.849. The third-order valence-electron chi connectivity index (χ3n) is 4.41. The standard InChI is InChI=1S/C21H21FN4O3S/c1-13-11-18(21(24-3)25-13)20(23-2)17-10-5-14(12-19(17)22)26-30(27,28)16-8-6-15(29-4)7-9-16/h5-12,25-26H,3H2,1-2,4H3. The highest BCUT2D eigenvalue weighted by Crippen LogP contribution is 2.26. The van der Waals surface area contributed by atoms with E-state index < -0.39 is 15.8 Å². The number of halogens is 1. The highest BCUT2D eigenvalue weighted by molar-refractivity contribution is 7.92. The van der Waals surface area contributed by atoms with Crippen LogP contribution in [0.1, 0.15) is 16.8 Å². The molecule has 0 aliphatic carbocycles. The second-order valence-electron chi connectivity index (χ2n) is 6.42. The SMILES string of the molecule is C=Nc1[nH]c(C)cc1C(=NC)c1ccc(NS(=O)(=O)c2ccc(OC)cc2)cc1F. The molecule has 156 valence electrons. The Morgan fingerprint density at radius 1 is 1.13 bits per heavy atom. The number of aliphatic imine (C=N–C) groups is 2. The summed E-state index contributed by atoms with van der Waals surface area (Å²) in [5, 5.41) is 0. The highest BCUT2D eigenvalue weighted by Gasteiger charge is 2.19. The summed E-state index contributed by atoms with van der Waals surface area (Å²) >= 11 is 0. The first kappa shape index (κ1) is 21.3. The van der Waals surface area contributed by atoms with Crippen LogP contribution in [0.4, 0.5) is 15.9 Å². The molecule has 0 saturated heterocycles. The Bertz CT molecular complexity index is 1220. The molecule has 0 fully saturated rings. The number of hydrogen-bond donors (Lipinski definition) is 2. The van der Waals surface area contributed by atoms with Gasteiger partial charge in [-0.05, 0) is 62.2 Å². The van der Waals surface area contributed by atoms with E-state index in [2.05, 4.69) is 26.4 Å². The van der Waals surface area contributed by atoms with Gasteiger partial charge in [0, 0.05) is 23.9 Å². The summed E-state index contributed by atoms with van der Waals surface area (Å²) in [6.07, 6.45) is 0. The van der Waals surface area contributed by atoms with Crippen LogP contribution in [-0.2, 0) is 10.0 Å². The molecule has 30 heavy (non-hydrogen) atoms. The Labute approximate surface area is 174 Å². The number of anilines is 1. The van der Waals surface area contributed by atoms with Crippen LogP contribution in [0.2, 0.25) is 0 Å². The van der Waals surface area contributed by atoms with E-state index in [0.717, 1.165) is 11.8 Å². The molecule has 0 amide bonds. The van der Waals surface area contributed by atoms with Crippen molar-refractivity contribution in [1.82, 2.24) is 4.98 Å². The molecule has 0 radical (unpaired) electrons. The number of ether oxygens (including phenoxy) is 1. The van der Waals surface area contributed by atoms with Crippen LogP contribution in [0, 0.1) is 12.7 Å². The number of hydrogen-bond acceptors (Lipinski definition) is 5. The fraction of sp³-hybridized carbons (Fsp3) is 0.143. The number of benzene rings is 2. The van der Waals surface area contributed by atoms with Crippen LogP contribution in [0.3, 0.4) is 0 Å². The summed E-state index contributed by atoms with van der Waals surface area (Å²) in [6.45, 7) is 5.36. The van der Waals surface area contributed by atoms with Gasteiger partial charge in [0.1, 0.15) is 17.4 Å². The van der Waals surface area contributed by atoms with Crippen molar-refractivity contribution in [1.29, 1.82) is 0 Å². The average Bonchev–Trinajstić information content (AvgIpc) is 3.10. The number of nitrogens with zero attached hydrogens (tertiary/aromatic N) is 2. The van der Waals surface area contributed by atoms with Crippen LogP contribution < -0.4 is 9.46 Å². The lowest BCUT2D eigenvalue weighted by molar-refractivity contribution is 0.414. The van der Waals surface area contributed by atoms with E-state index in [1.807, 2.05) is 6.92 Å². The molecule has 9 heteroatoms. The van der Waals surface area contributed by atoms with Gasteiger partial charge < -0.3 is 9.72 Å². The van der Waals surface area contributed by atoms with Gasteiger partial charge in [0.15, 0.2) is 0 Å². The van der Waals surface area contributed by atoms with Crippen molar-refractivity contribution in [3.8, 4) is 5.75 Å². The fourth-order valence-electron chi connectivity index (χ4n) is 3.01. The Balaban J connectivity index is 1.91. The zero-order valence-corrected chi connectivity index (χ0v) is 17.5. The van der Waals surface area contributed by atoms with Crippen molar-refractivity contribution in [3.05, 3.63) is 71.2 Å². The maximum absolute atomic E-state index is 14.9. The Hall–Kier alpha value is -3.46. The zero-order valence-electron chi connectivity index (χ0n) is 16.7.